The molecule has 1 amide bonds. The van der Waals surface area contributed by atoms with Gasteiger partial charge >= 0.3 is 0 Å². The fraction of sp³-hybridized carbons (Fsp3) is 0.438. The summed E-state index contributed by atoms with van der Waals surface area (Å²) in [6, 6.07) is 12.8. The van der Waals surface area contributed by atoms with Crippen molar-refractivity contribution in [3.05, 3.63) is 88.2 Å². The highest BCUT2D eigenvalue weighted by molar-refractivity contribution is 7.89. The molecule has 2 aliphatic heterocycles. The lowest BCUT2D eigenvalue weighted by molar-refractivity contribution is -0.141. The Balaban J connectivity index is 1.30. The lowest BCUT2D eigenvalue weighted by Gasteiger charge is -2.38. The van der Waals surface area contributed by atoms with Gasteiger partial charge in [0.2, 0.25) is 15.9 Å². The molecule has 0 spiro atoms. The number of piperidine rings is 1. The van der Waals surface area contributed by atoms with Crippen LogP contribution in [-0.2, 0) is 38.1 Å². The maximum atomic E-state index is 14.2. The minimum absolute atomic E-state index is 0.0833. The Kier molecular flexibility index (Phi) is 8.71. The molecule has 0 saturated carbocycles. The van der Waals surface area contributed by atoms with E-state index in [9.17, 15) is 18.3 Å². The highest BCUT2D eigenvalue weighted by Gasteiger charge is 2.39. The highest BCUT2D eigenvalue weighted by atomic mass is 32.2. The van der Waals surface area contributed by atoms with Gasteiger partial charge in [0, 0.05) is 37.6 Å². The van der Waals surface area contributed by atoms with Crippen LogP contribution >= 0.6 is 0 Å². The molecule has 9 nitrogen and oxygen atoms in total. The minimum Gasteiger partial charge on any atom is -0.496 e. The van der Waals surface area contributed by atoms with E-state index in [1.165, 1.54) is 4.31 Å². The van der Waals surface area contributed by atoms with Gasteiger partial charge in [0.15, 0.2) is 0 Å². The number of fused-ring (bicyclic) bond motifs is 1. The van der Waals surface area contributed by atoms with Crippen LogP contribution in [0.1, 0.15) is 46.2 Å². The Bertz CT molecular complexity index is 1550. The fourth-order valence-electron chi connectivity index (χ4n) is 6.16. The van der Waals surface area contributed by atoms with Crippen LogP contribution in [0.15, 0.2) is 59.8 Å². The summed E-state index contributed by atoms with van der Waals surface area (Å²) in [6.45, 7) is 6.43. The lowest BCUT2D eigenvalue weighted by Crippen LogP contribution is -2.48. The predicted octanol–water partition coefficient (Wildman–Crippen LogP) is 3.66. The summed E-state index contributed by atoms with van der Waals surface area (Å²) in [6.07, 6.45) is 4.64. The smallest absolute Gasteiger partial charge is 0.248 e. The van der Waals surface area contributed by atoms with Crippen molar-refractivity contribution in [2.45, 2.75) is 63.1 Å². The molecule has 2 aliphatic rings. The number of aliphatic hydroxyl groups is 1. The third-order valence-electron chi connectivity index (χ3n) is 8.75. The number of nitrogens with zero attached hydrogens (tertiary/aromatic N) is 3. The molecule has 0 radical (unpaired) electrons. The topological polar surface area (TPSA) is 109 Å². The van der Waals surface area contributed by atoms with E-state index in [2.05, 4.69) is 4.98 Å². The zero-order valence-corrected chi connectivity index (χ0v) is 25.5. The molecule has 0 bridgehead atoms. The maximum Gasteiger partial charge on any atom is 0.248 e. The van der Waals surface area contributed by atoms with E-state index in [1.54, 1.807) is 43.5 Å². The minimum atomic E-state index is -3.90. The number of aryl methyl sites for hydroxylation is 1. The van der Waals surface area contributed by atoms with Crippen molar-refractivity contribution in [3.63, 3.8) is 0 Å². The second kappa shape index (κ2) is 12.1. The van der Waals surface area contributed by atoms with Gasteiger partial charge in [-0.25, -0.2) is 8.42 Å². The number of methoxy groups -OCH3 is 1. The Morgan fingerprint density at radius 2 is 1.79 bits per heavy atom. The first kappa shape index (κ1) is 30.2. The number of amides is 1. The largest absolute Gasteiger partial charge is 0.496 e. The molecule has 1 unspecified atom stereocenters. The second-order valence-electron chi connectivity index (χ2n) is 11.3. The van der Waals surface area contributed by atoms with Crippen LogP contribution < -0.4 is 4.74 Å². The van der Waals surface area contributed by atoms with Gasteiger partial charge in [-0.3, -0.25) is 9.78 Å². The average molecular weight is 594 g/mol. The Hall–Kier alpha value is -3.31. The number of pyridine rings is 1. The Morgan fingerprint density at radius 3 is 2.45 bits per heavy atom. The van der Waals surface area contributed by atoms with Crippen molar-refractivity contribution in [2.75, 3.05) is 33.4 Å². The quantitative estimate of drug-likeness (QED) is 0.425. The highest BCUT2D eigenvalue weighted by Crippen LogP contribution is 2.36. The van der Waals surface area contributed by atoms with Gasteiger partial charge in [-0.15, -0.1) is 0 Å². The van der Waals surface area contributed by atoms with Gasteiger partial charge in [0.05, 0.1) is 30.3 Å². The van der Waals surface area contributed by atoms with Crippen LogP contribution in [0.4, 0.5) is 0 Å². The van der Waals surface area contributed by atoms with Crippen molar-refractivity contribution in [1.82, 2.24) is 14.2 Å². The van der Waals surface area contributed by atoms with Gasteiger partial charge in [0.1, 0.15) is 12.4 Å². The molecule has 1 N–H and O–H groups in total. The van der Waals surface area contributed by atoms with Crippen molar-refractivity contribution in [3.8, 4) is 5.75 Å². The first-order chi connectivity index (χ1) is 20.0. The number of rotatable bonds is 8. The molecule has 5 rings (SSSR count). The third kappa shape index (κ3) is 5.81. The molecule has 1 saturated heterocycles. The van der Waals surface area contributed by atoms with E-state index < -0.39 is 21.7 Å². The number of aromatic nitrogens is 1. The Labute approximate surface area is 248 Å². The number of hydrogen-bond acceptors (Lipinski definition) is 7. The van der Waals surface area contributed by atoms with Crippen molar-refractivity contribution < 1.29 is 27.8 Å². The molecular formula is C32H39N3O6S. The van der Waals surface area contributed by atoms with Crippen molar-refractivity contribution in [2.24, 2.45) is 0 Å². The van der Waals surface area contributed by atoms with Crippen LogP contribution in [0.25, 0.3) is 0 Å². The molecule has 0 aliphatic carbocycles. The number of carbonyl (C=O) groups is 1. The molecule has 1 aromatic heterocycles. The average Bonchev–Trinajstić information content (AvgIpc) is 2.99. The number of likely N-dealkylation sites (tertiary alicyclic amines) is 1. The molecule has 42 heavy (non-hydrogen) atoms. The van der Waals surface area contributed by atoms with E-state index >= 15 is 0 Å². The number of sulfonamides is 1. The van der Waals surface area contributed by atoms with E-state index in [0.29, 0.717) is 49.2 Å². The lowest BCUT2D eigenvalue weighted by atomic mass is 9.85. The van der Waals surface area contributed by atoms with Gasteiger partial charge in [0.25, 0.3) is 0 Å². The molecule has 1 fully saturated rings. The standard InChI is InChI=1S/C32H39N3O6S/c1-22-16-29(40-4)23(2)24(3)31(22)42(38,39)35-19-26-9-6-5-8-25(26)17-28(35)20-41-21-30(36)34-14-11-32(37,12-15-34)27-10-7-13-33-18-27/h5-10,13,16,18,28,37H,11-12,14-15,17,19-21H2,1-4H3. The summed E-state index contributed by atoms with van der Waals surface area (Å²) < 4.78 is 41.4. The van der Waals surface area contributed by atoms with Crippen molar-refractivity contribution >= 4 is 15.9 Å². The van der Waals surface area contributed by atoms with Gasteiger partial charge < -0.3 is 19.5 Å². The van der Waals surface area contributed by atoms with Crippen molar-refractivity contribution in [1.29, 1.82) is 0 Å². The van der Waals surface area contributed by atoms with Crippen LogP contribution in [0, 0.1) is 20.8 Å². The van der Waals surface area contributed by atoms with E-state index in [0.717, 1.165) is 22.3 Å². The summed E-state index contributed by atoms with van der Waals surface area (Å²) in [5.41, 5.74) is 3.86. The normalized spacial score (nSPS) is 18.9. The van der Waals surface area contributed by atoms with E-state index in [-0.39, 0.29) is 30.6 Å². The van der Waals surface area contributed by atoms with Gasteiger partial charge in [-0.2, -0.15) is 4.31 Å². The first-order valence-electron chi connectivity index (χ1n) is 14.3. The third-order valence-corrected chi connectivity index (χ3v) is 10.9. The number of carbonyl (C=O) groups excluding carboxylic acids is 1. The summed E-state index contributed by atoms with van der Waals surface area (Å²) in [7, 11) is -2.32. The summed E-state index contributed by atoms with van der Waals surface area (Å²) in [5, 5.41) is 11.1. The monoisotopic (exact) mass is 593 g/mol. The molecule has 3 aromatic rings. The van der Waals surface area contributed by atoms with Crippen LogP contribution in [0.3, 0.4) is 0 Å². The van der Waals surface area contributed by atoms with E-state index in [4.69, 9.17) is 9.47 Å². The molecule has 224 valence electrons. The SMILES string of the molecule is COc1cc(C)c(S(=O)(=O)N2Cc3ccccc3CC2COCC(=O)N2CCC(O)(c3cccnc3)CC2)c(C)c1C. The summed E-state index contributed by atoms with van der Waals surface area (Å²) in [5.74, 6) is 0.481. The van der Waals surface area contributed by atoms with Crippen LogP contribution in [0.5, 0.6) is 5.75 Å². The summed E-state index contributed by atoms with van der Waals surface area (Å²) in [4.78, 5) is 19.1. The predicted molar refractivity (Wildman–Crippen MR) is 159 cm³/mol. The molecule has 10 heteroatoms. The summed E-state index contributed by atoms with van der Waals surface area (Å²) >= 11 is 0. The first-order valence-corrected chi connectivity index (χ1v) is 15.7. The second-order valence-corrected chi connectivity index (χ2v) is 13.1. The maximum absolute atomic E-state index is 14.2. The zero-order chi connectivity index (χ0) is 30.1. The zero-order valence-electron chi connectivity index (χ0n) is 24.7. The Morgan fingerprint density at radius 1 is 1.07 bits per heavy atom. The van der Waals surface area contributed by atoms with Gasteiger partial charge in [-0.05, 0) is 80.0 Å². The molecular weight excluding hydrogens is 554 g/mol. The fourth-order valence-corrected chi connectivity index (χ4v) is 8.24. The van der Waals surface area contributed by atoms with E-state index in [1.807, 2.05) is 44.2 Å². The molecule has 3 heterocycles. The van der Waals surface area contributed by atoms with Crippen LogP contribution in [-0.4, -0.2) is 73.1 Å². The number of benzene rings is 2. The molecule has 1 atom stereocenters. The van der Waals surface area contributed by atoms with Crippen LogP contribution in [0.2, 0.25) is 0 Å². The number of ether oxygens (including phenoxy) is 2. The molecule has 2 aromatic carbocycles. The number of hydrogen-bond donors (Lipinski definition) is 1. The van der Waals surface area contributed by atoms with Gasteiger partial charge in [-0.1, -0.05) is 30.3 Å².